The van der Waals surface area contributed by atoms with Crippen molar-refractivity contribution in [1.82, 2.24) is 0 Å². The molecule has 8 nitrogen and oxygen atoms in total. The molecule has 0 aliphatic heterocycles. The lowest BCUT2D eigenvalue weighted by Crippen LogP contribution is -2.55. The van der Waals surface area contributed by atoms with Crippen LogP contribution >= 0.6 is 12.0 Å². The Morgan fingerprint density at radius 3 is 2.37 bits per heavy atom. The van der Waals surface area contributed by atoms with Crippen molar-refractivity contribution in [3.05, 3.63) is 0 Å². The van der Waals surface area contributed by atoms with Gasteiger partial charge >= 0.3 is 17.2 Å². The van der Waals surface area contributed by atoms with Gasteiger partial charge in [0, 0.05) is 12.0 Å². The third-order valence-corrected chi connectivity index (χ3v) is 6.40. The molecule has 0 spiro atoms. The Labute approximate surface area is 158 Å². The predicted octanol–water partition coefficient (Wildman–Crippen LogP) is 1.12. The number of ether oxygens (including phenoxy) is 2. The first-order valence-electron chi connectivity index (χ1n) is 8.67. The molecule has 0 aromatic carbocycles. The van der Waals surface area contributed by atoms with Gasteiger partial charge in [0.1, 0.15) is 12.0 Å². The van der Waals surface area contributed by atoms with Crippen molar-refractivity contribution in [2.45, 2.75) is 43.8 Å². The minimum Gasteiger partial charge on any atom is -0.691 e. The molecule has 0 saturated heterocycles. The zero-order chi connectivity index (χ0) is 19.7. The molecule has 4 saturated carbocycles. The summed E-state index contributed by atoms with van der Waals surface area (Å²) < 4.78 is 39.2. The number of hydrogen-bond donors (Lipinski definition) is 1. The molecule has 2 unspecified atom stereocenters. The fourth-order valence-electron chi connectivity index (χ4n) is 5.58. The Hall–Kier alpha value is -1.01. The molecule has 1 N–H and O–H groups in total. The van der Waals surface area contributed by atoms with Crippen LogP contribution in [0.25, 0.3) is 0 Å². The van der Waals surface area contributed by atoms with Crippen LogP contribution in [0.2, 0.25) is 0 Å². The molecule has 4 fully saturated rings. The zero-order valence-electron chi connectivity index (χ0n) is 14.5. The summed E-state index contributed by atoms with van der Waals surface area (Å²) in [6.07, 6.45) is 5.73. The summed E-state index contributed by atoms with van der Waals surface area (Å²) in [7, 11) is 0. The van der Waals surface area contributed by atoms with Gasteiger partial charge in [-0.1, -0.05) is 0 Å². The van der Waals surface area contributed by atoms with Gasteiger partial charge in [-0.05, 0) is 55.8 Å². The van der Waals surface area contributed by atoms with Crippen LogP contribution < -0.4 is 5.26 Å². The highest BCUT2D eigenvalue weighted by atomic mass is 32.2. The third-order valence-electron chi connectivity index (χ3n) is 5.90. The molecule has 0 aromatic heterocycles. The number of aliphatic hydroxyl groups is 1. The molecular formula is C16H21F2O8S-. The van der Waals surface area contributed by atoms with Crippen molar-refractivity contribution in [3.63, 3.8) is 0 Å². The number of rotatable bonds is 9. The van der Waals surface area contributed by atoms with E-state index in [1.807, 2.05) is 0 Å². The van der Waals surface area contributed by atoms with Crippen LogP contribution in [0.1, 0.15) is 38.5 Å². The molecule has 4 aliphatic rings. The average Bonchev–Trinajstić information content (AvgIpc) is 2.61. The third kappa shape index (κ3) is 4.53. The van der Waals surface area contributed by atoms with E-state index >= 15 is 0 Å². The largest absolute Gasteiger partial charge is 0.691 e. The number of hydrogen-bond acceptors (Lipinski definition) is 9. The number of carbonyl (C=O) groups is 2. The maximum atomic E-state index is 13.2. The maximum Gasteiger partial charge on any atom is 0.415 e. The summed E-state index contributed by atoms with van der Waals surface area (Å²) in [6.45, 7) is -0.729. The van der Waals surface area contributed by atoms with Gasteiger partial charge in [-0.15, -0.1) is 0 Å². The van der Waals surface area contributed by atoms with Crippen LogP contribution in [-0.2, 0) is 28.4 Å². The molecule has 0 amide bonds. The molecule has 2 atom stereocenters. The highest BCUT2D eigenvalue weighted by molar-refractivity contribution is 7.96. The zero-order valence-corrected chi connectivity index (χ0v) is 15.3. The molecular weight excluding hydrogens is 390 g/mol. The smallest absolute Gasteiger partial charge is 0.415 e. The van der Waals surface area contributed by atoms with Crippen LogP contribution in [-0.4, -0.2) is 42.1 Å². The van der Waals surface area contributed by atoms with E-state index in [1.54, 1.807) is 0 Å². The standard InChI is InChI=1S/C16H22F2O8S/c17-16(18,27-26-25-22)13(21)23-6-12(20)24-9-15-4-10-1-11(5-15)3-14(2-10,7-15)8-19/h10-11,19,22H,1-9H2/p-1. The van der Waals surface area contributed by atoms with Crippen molar-refractivity contribution in [2.24, 2.45) is 22.7 Å². The summed E-state index contributed by atoms with van der Waals surface area (Å²) in [5.41, 5.74) is -0.308. The highest BCUT2D eigenvalue weighted by Gasteiger charge is 2.57. The molecule has 0 radical (unpaired) electrons. The summed E-state index contributed by atoms with van der Waals surface area (Å²) in [5, 5.41) is 17.9. The molecule has 11 heteroatoms. The second kappa shape index (κ2) is 7.78. The number of halogens is 2. The van der Waals surface area contributed by atoms with Crippen LogP contribution in [0.4, 0.5) is 8.78 Å². The first kappa shape index (κ1) is 20.7. The molecule has 4 rings (SSSR count). The Kier molecular flexibility index (Phi) is 5.97. The van der Waals surface area contributed by atoms with Gasteiger partial charge in [-0.25, -0.2) is 9.59 Å². The van der Waals surface area contributed by atoms with Gasteiger partial charge in [0.2, 0.25) is 0 Å². The average molecular weight is 411 g/mol. The molecule has 27 heavy (non-hydrogen) atoms. The van der Waals surface area contributed by atoms with Crippen molar-refractivity contribution in [3.8, 4) is 0 Å². The maximum absolute atomic E-state index is 13.2. The summed E-state index contributed by atoms with van der Waals surface area (Å²) in [4.78, 5) is 23.0. The molecule has 0 aromatic rings. The predicted molar refractivity (Wildman–Crippen MR) is 83.3 cm³/mol. The van der Waals surface area contributed by atoms with Crippen molar-refractivity contribution >= 4 is 24.0 Å². The fraction of sp³-hybridized carbons (Fsp3) is 0.875. The second-order valence-corrected chi connectivity index (χ2v) is 8.91. The van der Waals surface area contributed by atoms with Crippen molar-refractivity contribution < 1.29 is 47.6 Å². The second-order valence-electron chi connectivity index (χ2n) is 8.09. The lowest BCUT2D eigenvalue weighted by Gasteiger charge is -2.61. The summed E-state index contributed by atoms with van der Waals surface area (Å²) in [5.74, 6) is -1.96. The minimum atomic E-state index is -4.20. The first-order valence-corrected chi connectivity index (χ1v) is 9.42. The van der Waals surface area contributed by atoms with Gasteiger partial charge in [-0.3, -0.25) is 5.04 Å². The van der Waals surface area contributed by atoms with E-state index in [9.17, 15) is 28.7 Å². The van der Waals surface area contributed by atoms with E-state index in [0.29, 0.717) is 11.8 Å². The van der Waals surface area contributed by atoms with E-state index in [0.717, 1.165) is 38.5 Å². The van der Waals surface area contributed by atoms with Gasteiger partial charge < -0.3 is 19.8 Å². The Morgan fingerprint density at radius 2 is 1.78 bits per heavy atom. The van der Waals surface area contributed by atoms with Gasteiger partial charge in [0.15, 0.2) is 6.61 Å². The van der Waals surface area contributed by atoms with E-state index in [1.165, 1.54) is 0 Å². The van der Waals surface area contributed by atoms with Crippen LogP contribution in [0.5, 0.6) is 0 Å². The topological polar surface area (TPSA) is 114 Å². The molecule has 4 aliphatic carbocycles. The van der Waals surface area contributed by atoms with E-state index in [-0.39, 0.29) is 24.0 Å². The van der Waals surface area contributed by atoms with Gasteiger partial charge in [0.25, 0.3) is 0 Å². The fourth-order valence-corrected chi connectivity index (χ4v) is 5.82. The quantitative estimate of drug-likeness (QED) is 0.258. The highest BCUT2D eigenvalue weighted by Crippen LogP contribution is 2.65. The van der Waals surface area contributed by atoms with Crippen LogP contribution in [0.3, 0.4) is 0 Å². The number of alkyl halides is 2. The normalized spacial score (nSPS) is 34.5. The number of aliphatic hydroxyl groups excluding tert-OH is 1. The Morgan fingerprint density at radius 1 is 1.15 bits per heavy atom. The molecule has 4 bridgehead atoms. The number of carbonyl (C=O) groups excluding carboxylic acids is 2. The van der Waals surface area contributed by atoms with Crippen LogP contribution in [0.15, 0.2) is 0 Å². The van der Waals surface area contributed by atoms with Crippen molar-refractivity contribution in [1.29, 1.82) is 0 Å². The molecule has 154 valence electrons. The molecule has 0 heterocycles. The van der Waals surface area contributed by atoms with E-state index in [2.05, 4.69) is 14.1 Å². The number of esters is 2. The SMILES string of the molecule is O=C(COC(=O)C(F)(F)SOO[O-])OCC12CC3CC(CC(CO)(C3)C1)C2. The monoisotopic (exact) mass is 411 g/mol. The van der Waals surface area contributed by atoms with Crippen molar-refractivity contribution in [2.75, 3.05) is 19.8 Å². The Balaban J connectivity index is 1.48. The first-order chi connectivity index (χ1) is 12.7. The van der Waals surface area contributed by atoms with Crippen LogP contribution in [0, 0.1) is 22.7 Å². The van der Waals surface area contributed by atoms with E-state index in [4.69, 9.17) is 4.74 Å². The lowest BCUT2D eigenvalue weighted by atomic mass is 9.44. The summed E-state index contributed by atoms with van der Waals surface area (Å²) >= 11 is -0.826. The van der Waals surface area contributed by atoms with Gasteiger partial charge in [0.05, 0.1) is 6.61 Å². The minimum absolute atomic E-state index is 0.105. The van der Waals surface area contributed by atoms with Gasteiger partial charge in [-0.2, -0.15) is 13.1 Å². The van der Waals surface area contributed by atoms with E-state index < -0.39 is 35.8 Å². The summed E-state index contributed by atoms with van der Waals surface area (Å²) in [6, 6.07) is 0. The Bertz CT molecular complexity index is 573. The lowest BCUT2D eigenvalue weighted by molar-refractivity contribution is -0.777.